The van der Waals surface area contributed by atoms with Crippen molar-refractivity contribution in [3.8, 4) is 0 Å². The zero-order chi connectivity index (χ0) is 41.4. The van der Waals surface area contributed by atoms with Gasteiger partial charge in [0.05, 0.1) is 18.3 Å². The number of likely N-dealkylation sites (tertiary alicyclic amines) is 1. The average Bonchev–Trinajstić information content (AvgIpc) is 3.98. The van der Waals surface area contributed by atoms with Gasteiger partial charge in [-0.3, -0.25) is 28.8 Å². The van der Waals surface area contributed by atoms with Crippen molar-refractivity contribution in [1.82, 2.24) is 25.2 Å². The zero-order valence-corrected chi connectivity index (χ0v) is 33.5. The number of nitrogens with zero attached hydrogens (tertiary/aromatic N) is 2. The van der Waals surface area contributed by atoms with E-state index in [9.17, 15) is 41.6 Å². The lowest BCUT2D eigenvalue weighted by Gasteiger charge is -2.30. The number of allylic oxidation sites excluding steroid dienone is 2. The molecule has 3 unspecified atom stereocenters. The minimum Gasteiger partial charge on any atom is -0.444 e. The number of hydrogen-bond donors (Lipinski definition) is 3. The molecule has 3 N–H and O–H groups in total. The predicted octanol–water partition coefficient (Wildman–Crippen LogP) is 3.76. The summed E-state index contributed by atoms with van der Waals surface area (Å²) in [6.45, 7) is 14.1. The summed E-state index contributed by atoms with van der Waals surface area (Å²) in [6.07, 6.45) is 2.01. The Labute approximate surface area is 326 Å². The molecule has 1 saturated heterocycles. The molecule has 1 aromatic rings. The first-order valence-corrected chi connectivity index (χ1v) is 20.3. The Bertz CT molecular complexity index is 1920. The smallest absolute Gasteiger partial charge is 0.410 e. The third kappa shape index (κ3) is 10.3. The molecule has 0 radical (unpaired) electrons. The summed E-state index contributed by atoms with van der Waals surface area (Å²) >= 11 is 0. The molecular weight excluding hydrogens is 750 g/mol. The summed E-state index contributed by atoms with van der Waals surface area (Å²) in [7, 11) is -3.97. The molecule has 306 valence electrons. The Balaban J connectivity index is 1.39. The second kappa shape index (κ2) is 16.0. The van der Waals surface area contributed by atoms with Gasteiger partial charge in [0.15, 0.2) is 5.78 Å². The van der Waals surface area contributed by atoms with E-state index in [-0.39, 0.29) is 56.5 Å². The lowest BCUT2D eigenvalue weighted by molar-refractivity contribution is -0.141. The molecule has 5 rings (SSSR count). The van der Waals surface area contributed by atoms with Crippen molar-refractivity contribution in [2.45, 2.75) is 128 Å². The molecule has 4 aliphatic rings. The van der Waals surface area contributed by atoms with E-state index in [0.717, 1.165) is 4.90 Å². The minimum atomic E-state index is -3.97. The third-order valence-corrected chi connectivity index (χ3v) is 11.8. The highest BCUT2D eigenvalue weighted by molar-refractivity contribution is 7.91. The monoisotopic (exact) mass is 801 g/mol. The molecule has 0 aromatic heterocycles. The van der Waals surface area contributed by atoms with Gasteiger partial charge >= 0.3 is 12.2 Å². The molecule has 15 nitrogen and oxygen atoms in total. The molecule has 3 fully saturated rings. The average molecular weight is 802 g/mol. The van der Waals surface area contributed by atoms with E-state index in [1.54, 1.807) is 32.9 Å². The van der Waals surface area contributed by atoms with Crippen LogP contribution in [0.3, 0.4) is 0 Å². The molecule has 5 amide bonds. The van der Waals surface area contributed by atoms with E-state index in [2.05, 4.69) is 21.9 Å². The number of amides is 5. The van der Waals surface area contributed by atoms with Gasteiger partial charge in [-0.15, -0.1) is 6.58 Å². The molecule has 2 saturated carbocycles. The van der Waals surface area contributed by atoms with E-state index in [1.807, 2.05) is 20.8 Å². The van der Waals surface area contributed by atoms with Crippen LogP contribution in [0.1, 0.15) is 91.2 Å². The quantitative estimate of drug-likeness (QED) is 0.195. The highest BCUT2D eigenvalue weighted by atomic mass is 32.2. The Kier molecular flexibility index (Phi) is 12.1. The summed E-state index contributed by atoms with van der Waals surface area (Å²) in [5, 5.41) is 4.50. The van der Waals surface area contributed by atoms with Crippen LogP contribution < -0.4 is 15.4 Å². The largest absolute Gasteiger partial charge is 0.444 e. The number of fused-ring (bicyclic) bond motifs is 1. The number of rotatable bonds is 13. The van der Waals surface area contributed by atoms with Crippen LogP contribution >= 0.6 is 0 Å². The number of hydrogen-bond acceptors (Lipinski definition) is 10. The van der Waals surface area contributed by atoms with Gasteiger partial charge in [-0.25, -0.2) is 22.4 Å². The van der Waals surface area contributed by atoms with Gasteiger partial charge in [-0.2, -0.15) is 0 Å². The van der Waals surface area contributed by atoms with Crippen LogP contribution in [0.5, 0.6) is 0 Å². The molecule has 2 aliphatic carbocycles. The minimum absolute atomic E-state index is 0.0481. The van der Waals surface area contributed by atoms with E-state index in [4.69, 9.17) is 9.47 Å². The fraction of sp³-hybridized carbons (Fsp3) is 0.590. The van der Waals surface area contributed by atoms with Crippen molar-refractivity contribution < 1.29 is 51.0 Å². The Morgan fingerprint density at radius 2 is 1.77 bits per heavy atom. The Morgan fingerprint density at radius 1 is 1.07 bits per heavy atom. The molecule has 5 atom stereocenters. The van der Waals surface area contributed by atoms with Gasteiger partial charge in [0.25, 0.3) is 5.91 Å². The van der Waals surface area contributed by atoms with Crippen LogP contribution in [0, 0.1) is 17.2 Å². The molecule has 56 heavy (non-hydrogen) atoms. The standard InChI is InChI=1S/C39H52FN5O10S/c1-8-24-19-39(24,34(49)43-56(52,53)27-13-14-27)42-32(47)31-18-26(54-36(51)44-20-23-10-9-11-29(40)28(23)22-44)21-45(31)33(48)30(41-35(50)55-38(5,6)7)15-12-25(46)16-17-37(2,3)4/h8-11,16-17,24,26-27,30-31H,1,12-15,18-22H2,2-7H3,(H,41,50)(H,42,47)(H,43,49)/b17-16+/t24?,26-,30+,31?,39?/m1/s1. The molecule has 0 bridgehead atoms. The second-order valence-electron chi connectivity index (χ2n) is 17.1. The van der Waals surface area contributed by atoms with Crippen molar-refractivity contribution in [3.63, 3.8) is 0 Å². The van der Waals surface area contributed by atoms with Crippen LogP contribution in [0.2, 0.25) is 0 Å². The number of halogens is 1. The fourth-order valence-electron chi connectivity index (χ4n) is 6.74. The van der Waals surface area contributed by atoms with Gasteiger partial charge in [-0.1, -0.05) is 45.1 Å². The lowest BCUT2D eigenvalue weighted by Crippen LogP contribution is -2.58. The second-order valence-corrected chi connectivity index (χ2v) is 19.0. The number of ether oxygens (including phenoxy) is 2. The van der Waals surface area contributed by atoms with Gasteiger partial charge in [0, 0.05) is 30.9 Å². The van der Waals surface area contributed by atoms with E-state index < -0.39 is 86.2 Å². The predicted molar refractivity (Wildman–Crippen MR) is 201 cm³/mol. The molecule has 1 aromatic carbocycles. The number of nitrogens with one attached hydrogen (secondary N) is 3. The fourth-order valence-corrected chi connectivity index (χ4v) is 8.11. The molecule has 0 spiro atoms. The Morgan fingerprint density at radius 3 is 2.36 bits per heavy atom. The maximum Gasteiger partial charge on any atom is 0.410 e. The van der Waals surface area contributed by atoms with Crippen LogP contribution in [-0.2, 0) is 51.8 Å². The normalized spacial score (nSPS) is 23.9. The van der Waals surface area contributed by atoms with E-state index in [1.165, 1.54) is 29.2 Å². The number of alkyl carbamates (subject to hydrolysis) is 1. The first-order chi connectivity index (χ1) is 26.0. The zero-order valence-electron chi connectivity index (χ0n) is 32.7. The lowest BCUT2D eigenvalue weighted by atomic mass is 9.95. The summed E-state index contributed by atoms with van der Waals surface area (Å²) in [5.41, 5.74) is -1.95. The molecule has 2 heterocycles. The van der Waals surface area contributed by atoms with Crippen LogP contribution in [-0.4, -0.2) is 95.0 Å². The molecular formula is C39H52FN5O10S. The first-order valence-electron chi connectivity index (χ1n) is 18.8. The van der Waals surface area contributed by atoms with Crippen molar-refractivity contribution in [2.24, 2.45) is 11.3 Å². The first kappa shape index (κ1) is 42.3. The van der Waals surface area contributed by atoms with Gasteiger partial charge < -0.3 is 25.0 Å². The summed E-state index contributed by atoms with van der Waals surface area (Å²) in [4.78, 5) is 83.8. The third-order valence-electron chi connectivity index (χ3n) is 9.99. The highest BCUT2D eigenvalue weighted by Gasteiger charge is 2.62. The maximum absolute atomic E-state index is 14.5. The number of carbonyl (C=O) groups is 6. The Hall–Kier alpha value is -4.80. The maximum atomic E-state index is 14.5. The number of benzene rings is 1. The molecule has 17 heteroatoms. The molecule has 2 aliphatic heterocycles. The van der Waals surface area contributed by atoms with E-state index >= 15 is 0 Å². The van der Waals surface area contributed by atoms with Crippen LogP contribution in [0.25, 0.3) is 0 Å². The van der Waals surface area contributed by atoms with Gasteiger partial charge in [0.2, 0.25) is 21.8 Å². The van der Waals surface area contributed by atoms with Crippen molar-refractivity contribution in [3.05, 3.63) is 60.0 Å². The van der Waals surface area contributed by atoms with Crippen LogP contribution in [0.4, 0.5) is 14.0 Å². The summed E-state index contributed by atoms with van der Waals surface area (Å²) in [6, 6.07) is 1.77. The van der Waals surface area contributed by atoms with Crippen LogP contribution in [0.15, 0.2) is 43.0 Å². The summed E-state index contributed by atoms with van der Waals surface area (Å²) < 4.78 is 53.1. The highest BCUT2D eigenvalue weighted by Crippen LogP contribution is 2.45. The SMILES string of the molecule is C=CC1CC1(NC(=O)C1C[C@@H](OC(=O)N2Cc3cccc(F)c3C2)CN1C(=O)[C@H](CCC(=O)/C=C/C(C)(C)C)NC(=O)OC(C)(C)C)C(=O)NS(=O)(=O)C1CC1. The van der Waals surface area contributed by atoms with Crippen molar-refractivity contribution in [2.75, 3.05) is 6.54 Å². The topological polar surface area (TPSA) is 198 Å². The van der Waals surface area contributed by atoms with E-state index in [0.29, 0.717) is 24.0 Å². The number of ketones is 1. The van der Waals surface area contributed by atoms with Gasteiger partial charge in [0.1, 0.15) is 35.1 Å². The number of sulfonamides is 1. The van der Waals surface area contributed by atoms with Crippen molar-refractivity contribution in [1.29, 1.82) is 0 Å². The summed E-state index contributed by atoms with van der Waals surface area (Å²) in [5.74, 6) is -3.96. The number of carbonyl (C=O) groups excluding carboxylic acids is 6. The van der Waals surface area contributed by atoms with Crippen molar-refractivity contribution >= 4 is 45.7 Å². The van der Waals surface area contributed by atoms with Gasteiger partial charge in [-0.05, 0) is 69.6 Å².